The zero-order valence-corrected chi connectivity index (χ0v) is 30.4. The number of benzene rings is 1. The number of hydrogen-bond donors (Lipinski definition) is 4. The fourth-order valence-corrected chi connectivity index (χ4v) is 8.72. The lowest BCUT2D eigenvalue weighted by molar-refractivity contribution is -0.322. The molecule has 6 atom stereocenters. The van der Waals surface area contributed by atoms with Gasteiger partial charge in [0.05, 0.1) is 16.8 Å². The minimum atomic E-state index is -3.67. The van der Waals surface area contributed by atoms with Crippen LogP contribution < -0.4 is 5.32 Å². The van der Waals surface area contributed by atoms with Gasteiger partial charge >= 0.3 is 0 Å². The Morgan fingerprint density at radius 3 is 2.56 bits per heavy atom. The average molecular weight is 751 g/mol. The van der Waals surface area contributed by atoms with Gasteiger partial charge in [0.15, 0.2) is 0 Å². The van der Waals surface area contributed by atoms with Crippen molar-refractivity contribution >= 4 is 60.2 Å². The maximum Gasteiger partial charge on any atom is 0.281 e. The molecule has 1 aliphatic carbocycles. The van der Waals surface area contributed by atoms with E-state index in [1.54, 1.807) is 18.7 Å². The van der Waals surface area contributed by atoms with Gasteiger partial charge in [0, 0.05) is 36.0 Å². The second-order valence-corrected chi connectivity index (χ2v) is 16.7. The molecule has 48 heavy (non-hydrogen) atoms. The Labute approximate surface area is 288 Å². The summed E-state index contributed by atoms with van der Waals surface area (Å²) in [6.45, 7) is 8.57. The van der Waals surface area contributed by atoms with Gasteiger partial charge in [-0.1, -0.05) is 45.9 Å². The number of aliphatic hydroxyl groups is 1. The van der Waals surface area contributed by atoms with Crippen LogP contribution in [0.1, 0.15) is 58.1 Å². The van der Waals surface area contributed by atoms with E-state index in [1.807, 2.05) is 33.0 Å². The van der Waals surface area contributed by atoms with Crippen molar-refractivity contribution in [1.29, 1.82) is 0 Å². The number of H-pyrrole nitrogens is 1. The fourth-order valence-electron chi connectivity index (χ4n) is 8.15. The Balaban J connectivity index is 0.000000749. The van der Waals surface area contributed by atoms with E-state index in [9.17, 15) is 27.9 Å². The van der Waals surface area contributed by atoms with Crippen molar-refractivity contribution < 1.29 is 37.2 Å². The topological polar surface area (TPSA) is 173 Å². The zero-order valence-electron chi connectivity index (χ0n) is 28.0. The van der Waals surface area contributed by atoms with E-state index in [4.69, 9.17) is 9.29 Å². The molecular weight excluding hydrogens is 706 g/mol. The molecule has 0 spiro atoms. The maximum atomic E-state index is 14.4. The van der Waals surface area contributed by atoms with Crippen LogP contribution in [0.25, 0.3) is 16.5 Å². The van der Waals surface area contributed by atoms with Gasteiger partial charge in [-0.05, 0) is 77.3 Å². The Morgan fingerprint density at radius 2 is 1.92 bits per heavy atom. The predicted molar refractivity (Wildman–Crippen MR) is 182 cm³/mol. The number of nitrogens with zero attached hydrogens (tertiary/aromatic N) is 3. The molecule has 1 unspecified atom stereocenters. The van der Waals surface area contributed by atoms with Crippen LogP contribution in [0.2, 0.25) is 0 Å². The highest BCUT2D eigenvalue weighted by Crippen LogP contribution is 2.49. The normalized spacial score (nSPS) is 31.4. The van der Waals surface area contributed by atoms with Gasteiger partial charge in [-0.2, -0.15) is 8.42 Å². The summed E-state index contributed by atoms with van der Waals surface area (Å²) in [5.41, 5.74) is 2.68. The molecule has 5 heterocycles. The highest BCUT2D eigenvalue weighted by molar-refractivity contribution is 9.10. The number of fused-ring (bicyclic) bond motifs is 5. The summed E-state index contributed by atoms with van der Waals surface area (Å²) >= 11 is 3.70. The van der Waals surface area contributed by atoms with Crippen LogP contribution in [0.15, 0.2) is 28.9 Å². The number of nitrogens with one attached hydrogen (secondary N) is 2. The summed E-state index contributed by atoms with van der Waals surface area (Å²) in [5, 5.41) is 16.3. The van der Waals surface area contributed by atoms with Crippen LogP contribution in [0.4, 0.5) is 0 Å². The van der Waals surface area contributed by atoms with E-state index < -0.39 is 51.6 Å². The first kappa shape index (κ1) is 35.0. The molecule has 3 saturated heterocycles. The number of carbonyl (C=O) groups excluding carboxylic acids is 3. The number of ether oxygens (including phenoxy) is 1. The smallest absolute Gasteiger partial charge is 0.281 e. The third-order valence-electron chi connectivity index (χ3n) is 10.3. The quantitative estimate of drug-likeness (QED) is 0.336. The van der Waals surface area contributed by atoms with Crippen molar-refractivity contribution in [3.8, 4) is 0 Å². The number of rotatable bonds is 5. The number of hydrogen-bond acceptors (Lipinski definition) is 8. The van der Waals surface area contributed by atoms with Gasteiger partial charge in [-0.25, -0.2) is 0 Å². The van der Waals surface area contributed by atoms with Crippen LogP contribution in [-0.4, -0.2) is 112 Å². The highest BCUT2D eigenvalue weighted by atomic mass is 79.9. The lowest BCUT2D eigenvalue weighted by Crippen LogP contribution is -2.71. The molecule has 0 radical (unpaired) electrons. The molecule has 262 valence electrons. The van der Waals surface area contributed by atoms with Crippen molar-refractivity contribution in [2.75, 3.05) is 26.4 Å². The molecule has 3 fully saturated rings. The highest BCUT2D eigenvalue weighted by Gasteiger charge is 2.72. The van der Waals surface area contributed by atoms with Gasteiger partial charge in [0.1, 0.15) is 12.1 Å². The number of piperazine rings is 1. The summed E-state index contributed by atoms with van der Waals surface area (Å²) in [7, 11) is -1.64. The van der Waals surface area contributed by atoms with Crippen LogP contribution in [0.5, 0.6) is 0 Å². The van der Waals surface area contributed by atoms with E-state index in [0.717, 1.165) is 34.1 Å². The van der Waals surface area contributed by atoms with Crippen molar-refractivity contribution in [2.24, 2.45) is 17.8 Å². The Morgan fingerprint density at radius 1 is 1.23 bits per heavy atom. The second-order valence-electron chi connectivity index (χ2n) is 14.4. The minimum Gasteiger partial charge on any atom is -0.349 e. The molecule has 2 aromatic rings. The molecule has 0 bridgehead atoms. The standard InChI is InChI=1S/C32H40BrN5O5.CH4O3S/c1-16(2)12-24-29(40)37-11-7-10-25(37)32(42)38(24)30(41)31(43-32,17(3)4)35-28(39)18-13-20-19-8-6-9-22-26(19)21(27(33)34-22)14-23(20)36(5)15-18;1-5(2,3)4/h6,8-9,13,16-18,23-25,34,42H,7,10-12,14-15H2,1-5H3,(H,35,39);1H3,(H,2,3,4)/t18?,23-,24-,25-,31+,32-;/m0./s1. The molecule has 13 nitrogen and oxygen atoms in total. The summed E-state index contributed by atoms with van der Waals surface area (Å²) in [6, 6.07) is 4.76. The van der Waals surface area contributed by atoms with Crippen molar-refractivity contribution in [3.63, 3.8) is 0 Å². The average Bonchev–Trinajstić information content (AvgIpc) is 3.66. The van der Waals surface area contributed by atoms with Gasteiger partial charge in [-0.3, -0.25) is 33.5 Å². The summed E-state index contributed by atoms with van der Waals surface area (Å²) in [4.78, 5) is 50.8. The van der Waals surface area contributed by atoms with Crippen molar-refractivity contribution in [2.45, 2.75) is 83.1 Å². The zero-order chi connectivity index (χ0) is 35.1. The third kappa shape index (κ3) is 5.69. The molecule has 3 amide bonds. The Hall–Kier alpha value is -2.82. The number of carbonyl (C=O) groups is 3. The van der Waals surface area contributed by atoms with Crippen LogP contribution in [0.3, 0.4) is 0 Å². The van der Waals surface area contributed by atoms with Crippen LogP contribution in [0, 0.1) is 17.8 Å². The van der Waals surface area contributed by atoms with Gasteiger partial charge < -0.3 is 20.3 Å². The van der Waals surface area contributed by atoms with E-state index in [1.165, 1.54) is 15.8 Å². The third-order valence-corrected chi connectivity index (χ3v) is 10.9. The lowest BCUT2D eigenvalue weighted by atomic mass is 9.79. The Bertz CT molecular complexity index is 1800. The largest absolute Gasteiger partial charge is 0.349 e. The summed E-state index contributed by atoms with van der Waals surface area (Å²) in [6.07, 6.45) is 5.20. The van der Waals surface area contributed by atoms with E-state index in [0.29, 0.717) is 32.2 Å². The number of halogens is 1. The van der Waals surface area contributed by atoms with Crippen LogP contribution in [-0.2, 0) is 35.7 Å². The molecule has 7 rings (SSSR count). The first-order valence-electron chi connectivity index (χ1n) is 16.4. The summed E-state index contributed by atoms with van der Waals surface area (Å²) in [5.74, 6) is -4.01. The van der Waals surface area contributed by atoms with Gasteiger partial charge in [-0.15, -0.1) is 0 Å². The SMILES string of the molecule is CC(C)C[C@H]1C(=O)N2CCC[C@H]2[C@]2(O)O[C@](NC(=O)C3C=C4c5cccc6[nH]c(Br)c(c56)C[C@@H]4N(C)C3)(C(C)C)C(=O)N12.CS(=O)(=O)O. The molecular formula is C33H44BrN5O8S. The first-order chi connectivity index (χ1) is 22.4. The first-order valence-corrected chi connectivity index (χ1v) is 19.0. The van der Waals surface area contributed by atoms with Gasteiger partial charge in [0.25, 0.3) is 21.9 Å². The predicted octanol–water partition coefficient (Wildman–Crippen LogP) is 2.70. The minimum absolute atomic E-state index is 0.104. The fraction of sp³-hybridized carbons (Fsp3) is 0.606. The Kier molecular flexibility index (Phi) is 8.90. The van der Waals surface area contributed by atoms with E-state index in [2.05, 4.69) is 43.3 Å². The van der Waals surface area contributed by atoms with Gasteiger partial charge in [0.2, 0.25) is 17.5 Å². The molecule has 4 N–H and O–H groups in total. The monoisotopic (exact) mass is 749 g/mol. The molecule has 5 aliphatic rings. The number of amides is 3. The van der Waals surface area contributed by atoms with Crippen LogP contribution >= 0.6 is 15.9 Å². The number of aromatic amines is 1. The van der Waals surface area contributed by atoms with E-state index >= 15 is 0 Å². The molecule has 1 aromatic heterocycles. The maximum absolute atomic E-state index is 14.4. The van der Waals surface area contributed by atoms with Crippen molar-refractivity contribution in [3.05, 3.63) is 40.0 Å². The lowest BCUT2D eigenvalue weighted by Gasteiger charge is -2.49. The summed E-state index contributed by atoms with van der Waals surface area (Å²) < 4.78 is 33.3. The number of aromatic nitrogens is 1. The molecule has 4 aliphatic heterocycles. The second kappa shape index (κ2) is 12.2. The van der Waals surface area contributed by atoms with E-state index in [-0.39, 0.29) is 23.8 Å². The molecule has 1 aromatic carbocycles. The van der Waals surface area contributed by atoms with Crippen molar-refractivity contribution in [1.82, 2.24) is 25.0 Å². The molecule has 15 heteroatoms. The molecule has 0 saturated carbocycles. The number of likely N-dealkylation sites (N-methyl/N-ethyl adjacent to an activating group) is 1.